The van der Waals surface area contributed by atoms with Crippen LogP contribution in [0.2, 0.25) is 11.1 Å². The monoisotopic (exact) mass is 496 g/mol. The van der Waals surface area contributed by atoms with Crippen molar-refractivity contribution in [1.29, 1.82) is 0 Å². The number of rotatable bonds is 11. The first-order valence-electron chi connectivity index (χ1n) is 11.9. The van der Waals surface area contributed by atoms with Gasteiger partial charge in [0.2, 0.25) is 0 Å². The number of hydroxylamine groups is 2. The fourth-order valence-electron chi connectivity index (χ4n) is 4.36. The predicted octanol–water partition coefficient (Wildman–Crippen LogP) is 4.82. The summed E-state index contributed by atoms with van der Waals surface area (Å²) in [6, 6.07) is 0. The topological polar surface area (TPSA) is 43.4 Å². The van der Waals surface area contributed by atoms with E-state index in [1.807, 2.05) is 0 Å². The lowest BCUT2D eigenvalue weighted by atomic mass is 9.96. The smallest absolute Gasteiger partial charge is 0.180 e. The summed E-state index contributed by atoms with van der Waals surface area (Å²) in [5.74, 6) is 1.69. The molecule has 0 aromatic carbocycles. The summed E-state index contributed by atoms with van der Waals surface area (Å²) >= 11 is 2.45. The van der Waals surface area contributed by atoms with E-state index in [9.17, 15) is 0 Å². The lowest BCUT2D eigenvalue weighted by Gasteiger charge is -2.30. The Labute approximate surface area is 197 Å². The van der Waals surface area contributed by atoms with Gasteiger partial charge in [-0.25, -0.2) is 9.46 Å². The third-order valence-corrected chi connectivity index (χ3v) is 11.6. The zero-order chi connectivity index (χ0) is 21.6. The summed E-state index contributed by atoms with van der Waals surface area (Å²) in [7, 11) is -0.706. The van der Waals surface area contributed by atoms with Crippen LogP contribution in [0.1, 0.15) is 79.1 Å². The summed E-state index contributed by atoms with van der Waals surface area (Å²) in [6.07, 6.45) is 10.5. The van der Waals surface area contributed by atoms with E-state index in [-0.39, 0.29) is 32.9 Å². The van der Waals surface area contributed by atoms with Crippen molar-refractivity contribution in [2.45, 2.75) is 90.1 Å². The SMILES string of the molecule is CCC1CCC(C)[SiH2]N(OCOSSOCON2CCC(CC)CCC(C)[SiH2]2)CC1. The van der Waals surface area contributed by atoms with E-state index in [4.69, 9.17) is 18.0 Å². The Kier molecular flexibility index (Phi) is 14.9. The molecule has 2 heterocycles. The molecule has 0 amide bonds. The molecule has 6 nitrogen and oxygen atoms in total. The van der Waals surface area contributed by atoms with Gasteiger partial charge in [0.1, 0.15) is 19.4 Å². The predicted molar refractivity (Wildman–Crippen MR) is 134 cm³/mol. The first-order valence-corrected chi connectivity index (χ1v) is 16.8. The fraction of sp³-hybridized carbons (Fsp3) is 1.00. The van der Waals surface area contributed by atoms with Gasteiger partial charge in [-0.05, 0) is 35.8 Å². The van der Waals surface area contributed by atoms with Crippen molar-refractivity contribution in [3.05, 3.63) is 0 Å². The van der Waals surface area contributed by atoms with Crippen LogP contribution in [0.5, 0.6) is 0 Å². The molecule has 0 N–H and O–H groups in total. The molecule has 0 saturated carbocycles. The first kappa shape index (κ1) is 27.1. The van der Waals surface area contributed by atoms with E-state index in [0.29, 0.717) is 0 Å². The Morgan fingerprint density at radius 1 is 0.700 bits per heavy atom. The van der Waals surface area contributed by atoms with Crippen LogP contribution in [0.25, 0.3) is 0 Å². The van der Waals surface area contributed by atoms with Gasteiger partial charge in [0, 0.05) is 13.1 Å². The van der Waals surface area contributed by atoms with E-state index in [0.717, 1.165) is 36.0 Å². The zero-order valence-electron chi connectivity index (χ0n) is 19.6. The molecule has 30 heavy (non-hydrogen) atoms. The summed E-state index contributed by atoms with van der Waals surface area (Å²) in [5.41, 5.74) is 1.62. The van der Waals surface area contributed by atoms with Gasteiger partial charge < -0.3 is 0 Å². The lowest BCUT2D eigenvalue weighted by Crippen LogP contribution is -2.34. The molecule has 4 unspecified atom stereocenters. The van der Waals surface area contributed by atoms with Gasteiger partial charge in [-0.3, -0.25) is 18.0 Å². The van der Waals surface area contributed by atoms with E-state index in [1.165, 1.54) is 73.5 Å². The van der Waals surface area contributed by atoms with Crippen molar-refractivity contribution in [2.75, 3.05) is 26.7 Å². The van der Waals surface area contributed by atoms with Crippen molar-refractivity contribution in [1.82, 2.24) is 9.46 Å². The highest BCUT2D eigenvalue weighted by Gasteiger charge is 2.20. The van der Waals surface area contributed by atoms with Crippen LogP contribution < -0.4 is 0 Å². The average Bonchev–Trinajstić information content (AvgIpc) is 2.71. The van der Waals surface area contributed by atoms with E-state index < -0.39 is 0 Å². The highest BCUT2D eigenvalue weighted by molar-refractivity contribution is 8.73. The van der Waals surface area contributed by atoms with Crippen LogP contribution >= 0.6 is 22.1 Å². The average molecular weight is 497 g/mol. The Bertz CT molecular complexity index is 408. The maximum Gasteiger partial charge on any atom is 0.180 e. The molecular formula is C20H44N2O4S2Si2. The second kappa shape index (κ2) is 16.5. The van der Waals surface area contributed by atoms with Crippen LogP contribution in [0.15, 0.2) is 0 Å². The highest BCUT2D eigenvalue weighted by Crippen LogP contribution is 2.28. The van der Waals surface area contributed by atoms with Gasteiger partial charge in [0.05, 0.1) is 22.1 Å². The molecule has 2 aliphatic rings. The first-order chi connectivity index (χ1) is 14.6. The van der Waals surface area contributed by atoms with Crippen LogP contribution in [-0.4, -0.2) is 55.5 Å². The quantitative estimate of drug-likeness (QED) is 0.133. The molecule has 178 valence electrons. The normalized spacial score (nSPS) is 32.0. The van der Waals surface area contributed by atoms with Gasteiger partial charge in [-0.1, -0.05) is 66.2 Å². The minimum Gasteiger partial charge on any atom is -0.277 e. The van der Waals surface area contributed by atoms with Crippen LogP contribution in [0.4, 0.5) is 0 Å². The molecule has 0 bridgehead atoms. The standard InChI is InChI=1S/C20H44N2O4S2Si2/c1-5-19-9-7-17(3)29-21(13-11-19)23-15-25-27-28-26-16-24-22-14-12-20(6-2)10-8-18(4)30-22/h17-20H,5-16,29-30H2,1-4H3. The van der Waals surface area contributed by atoms with E-state index in [2.05, 4.69) is 37.2 Å². The molecule has 2 aliphatic heterocycles. The fourth-order valence-corrected chi connectivity index (χ4v) is 8.40. The van der Waals surface area contributed by atoms with Crippen LogP contribution in [0.3, 0.4) is 0 Å². The Balaban J connectivity index is 1.50. The number of hydrogen-bond acceptors (Lipinski definition) is 8. The molecule has 2 saturated heterocycles. The molecule has 0 spiro atoms. The van der Waals surface area contributed by atoms with Gasteiger partial charge in [0.25, 0.3) is 0 Å². The number of nitrogens with zero attached hydrogens (tertiary/aromatic N) is 2. The number of hydrogen-bond donors (Lipinski definition) is 0. The molecule has 2 fully saturated rings. The Morgan fingerprint density at radius 3 is 1.53 bits per heavy atom. The van der Waals surface area contributed by atoms with Gasteiger partial charge in [-0.15, -0.1) is 0 Å². The lowest BCUT2D eigenvalue weighted by molar-refractivity contribution is -0.145. The molecule has 0 aromatic rings. The van der Waals surface area contributed by atoms with Crippen molar-refractivity contribution < 1.29 is 18.0 Å². The van der Waals surface area contributed by atoms with E-state index in [1.54, 1.807) is 0 Å². The van der Waals surface area contributed by atoms with Crippen molar-refractivity contribution in [3.8, 4) is 0 Å². The molecule has 4 atom stereocenters. The summed E-state index contributed by atoms with van der Waals surface area (Å²) < 4.78 is 15.5. The largest absolute Gasteiger partial charge is 0.277 e. The molecular weight excluding hydrogens is 453 g/mol. The van der Waals surface area contributed by atoms with Crippen molar-refractivity contribution in [3.63, 3.8) is 0 Å². The Hall–Kier alpha value is 0.894. The summed E-state index contributed by atoms with van der Waals surface area (Å²) in [5, 5.41) is 0. The summed E-state index contributed by atoms with van der Waals surface area (Å²) in [6.45, 7) is 12.0. The molecule has 10 heteroatoms. The van der Waals surface area contributed by atoms with Gasteiger partial charge in [-0.2, -0.15) is 0 Å². The molecule has 0 radical (unpaired) electrons. The third kappa shape index (κ3) is 11.7. The molecule has 0 aromatic heterocycles. The second-order valence-corrected chi connectivity index (χ2v) is 15.6. The van der Waals surface area contributed by atoms with Gasteiger partial charge in [0.15, 0.2) is 13.6 Å². The molecule has 2 rings (SSSR count). The second-order valence-electron chi connectivity index (χ2n) is 9.13. The van der Waals surface area contributed by atoms with Crippen molar-refractivity contribution >= 4 is 41.5 Å². The maximum absolute atomic E-state index is 5.89. The minimum atomic E-state index is -0.353. The van der Waals surface area contributed by atoms with E-state index >= 15 is 0 Å². The minimum absolute atomic E-state index is 0.285. The third-order valence-electron chi connectivity index (χ3n) is 6.59. The molecule has 0 aliphatic carbocycles. The van der Waals surface area contributed by atoms with Crippen LogP contribution in [-0.2, 0) is 18.0 Å². The maximum atomic E-state index is 5.89. The van der Waals surface area contributed by atoms with Crippen molar-refractivity contribution in [2.24, 2.45) is 11.8 Å². The van der Waals surface area contributed by atoms with Gasteiger partial charge >= 0.3 is 0 Å². The Morgan fingerprint density at radius 2 is 1.13 bits per heavy atom. The zero-order valence-corrected chi connectivity index (χ0v) is 24.0. The van der Waals surface area contributed by atoms with Crippen LogP contribution in [0, 0.1) is 11.8 Å². The summed E-state index contributed by atoms with van der Waals surface area (Å²) in [4.78, 5) is 11.8. The highest BCUT2D eigenvalue weighted by atomic mass is 33.1.